The molecule has 0 saturated heterocycles. The third-order valence-corrected chi connectivity index (χ3v) is 6.41. The highest BCUT2D eigenvalue weighted by molar-refractivity contribution is 8.01. The van der Waals surface area contributed by atoms with Crippen LogP contribution < -0.4 is 14.8 Å². The molecule has 0 aliphatic rings. The summed E-state index contributed by atoms with van der Waals surface area (Å²) in [5.41, 5.74) is 1.86. The molecule has 0 fully saturated rings. The predicted octanol–water partition coefficient (Wildman–Crippen LogP) is 4.97. The molecule has 6 nitrogen and oxygen atoms in total. The number of aromatic nitrogens is 1. The number of halogens is 1. The van der Waals surface area contributed by atoms with Gasteiger partial charge in [0.1, 0.15) is 11.5 Å². The fourth-order valence-electron chi connectivity index (χ4n) is 2.54. The molecule has 3 rings (SSSR count). The van der Waals surface area contributed by atoms with E-state index in [0.29, 0.717) is 33.5 Å². The average Bonchev–Trinajstić information content (AvgIpc) is 3.19. The zero-order valence-corrected chi connectivity index (χ0v) is 18.7. The molecule has 30 heavy (non-hydrogen) atoms. The van der Waals surface area contributed by atoms with Crippen molar-refractivity contribution in [2.24, 2.45) is 0 Å². The van der Waals surface area contributed by atoms with Crippen LogP contribution >= 0.6 is 34.7 Å². The molecule has 0 atom stereocenters. The molecular formula is C21H19ClN2O4S2. The third-order valence-electron chi connectivity index (χ3n) is 4.05. The van der Waals surface area contributed by atoms with Crippen molar-refractivity contribution in [1.29, 1.82) is 0 Å². The number of hydrogen-bond donors (Lipinski definition) is 1. The fourth-order valence-corrected chi connectivity index (χ4v) is 4.53. The molecular weight excluding hydrogens is 444 g/mol. The third kappa shape index (κ3) is 5.98. The van der Waals surface area contributed by atoms with Gasteiger partial charge in [0.05, 0.1) is 37.1 Å². The Morgan fingerprint density at radius 1 is 1.13 bits per heavy atom. The number of thioether (sulfide) groups is 1. The summed E-state index contributed by atoms with van der Waals surface area (Å²) in [5.74, 6) is 1.33. The minimum atomic E-state index is -0.201. The van der Waals surface area contributed by atoms with Crippen LogP contribution in [0.2, 0.25) is 5.02 Å². The van der Waals surface area contributed by atoms with Gasteiger partial charge in [-0.15, -0.1) is 11.3 Å². The van der Waals surface area contributed by atoms with Crippen molar-refractivity contribution >= 4 is 52.1 Å². The van der Waals surface area contributed by atoms with Gasteiger partial charge >= 0.3 is 0 Å². The summed E-state index contributed by atoms with van der Waals surface area (Å²) in [6.45, 7) is 0. The van der Waals surface area contributed by atoms with Gasteiger partial charge < -0.3 is 14.8 Å². The number of Topliss-reactive ketones (excluding diaryl/α,β-unsaturated/α-hetero) is 1. The Hall–Kier alpha value is -2.55. The highest BCUT2D eigenvalue weighted by atomic mass is 35.5. The van der Waals surface area contributed by atoms with Crippen LogP contribution in [0.25, 0.3) is 0 Å². The van der Waals surface area contributed by atoms with Gasteiger partial charge in [0.25, 0.3) is 0 Å². The second kappa shape index (κ2) is 10.5. The number of anilines is 1. The van der Waals surface area contributed by atoms with Crippen molar-refractivity contribution in [3.05, 3.63) is 64.1 Å². The summed E-state index contributed by atoms with van der Waals surface area (Å²) in [7, 11) is 3.11. The molecule has 0 saturated carbocycles. The lowest BCUT2D eigenvalue weighted by atomic mass is 10.1. The number of ketones is 1. The van der Waals surface area contributed by atoms with Crippen LogP contribution in [0, 0.1) is 0 Å². The quantitative estimate of drug-likeness (QED) is 0.357. The van der Waals surface area contributed by atoms with Gasteiger partial charge in [-0.2, -0.15) is 0 Å². The molecule has 1 heterocycles. The second-order valence-corrected chi connectivity index (χ2v) is 8.61. The van der Waals surface area contributed by atoms with Gasteiger partial charge in [0.2, 0.25) is 5.91 Å². The first-order valence-corrected chi connectivity index (χ1v) is 11.1. The van der Waals surface area contributed by atoms with Crippen LogP contribution in [0.3, 0.4) is 0 Å². The molecule has 2 aromatic carbocycles. The largest absolute Gasteiger partial charge is 0.497 e. The van der Waals surface area contributed by atoms with Gasteiger partial charge in [-0.3, -0.25) is 9.59 Å². The Morgan fingerprint density at radius 3 is 2.57 bits per heavy atom. The summed E-state index contributed by atoms with van der Waals surface area (Å²) in [6.07, 6.45) is 0.132. The fraction of sp³-hybridized carbons (Fsp3) is 0.190. The maximum absolute atomic E-state index is 12.3. The van der Waals surface area contributed by atoms with Crippen LogP contribution in [0.15, 0.2) is 52.2 Å². The number of carbonyl (C=O) groups is 2. The summed E-state index contributed by atoms with van der Waals surface area (Å²) in [6, 6.07) is 12.0. The van der Waals surface area contributed by atoms with E-state index in [1.54, 1.807) is 49.6 Å². The molecule has 0 aliphatic heterocycles. The number of ether oxygens (including phenoxy) is 2. The van der Waals surface area contributed by atoms with Gasteiger partial charge in [-0.1, -0.05) is 23.4 Å². The van der Waals surface area contributed by atoms with E-state index in [2.05, 4.69) is 10.3 Å². The summed E-state index contributed by atoms with van der Waals surface area (Å²) in [5, 5.41) is 5.03. The summed E-state index contributed by atoms with van der Waals surface area (Å²) in [4.78, 5) is 29.0. The van der Waals surface area contributed by atoms with Crippen molar-refractivity contribution in [2.45, 2.75) is 10.8 Å². The molecule has 9 heteroatoms. The van der Waals surface area contributed by atoms with Crippen molar-refractivity contribution in [1.82, 2.24) is 4.98 Å². The summed E-state index contributed by atoms with van der Waals surface area (Å²) < 4.78 is 10.9. The molecule has 0 aliphatic carbocycles. The first-order chi connectivity index (χ1) is 14.5. The Labute approximate surface area is 187 Å². The SMILES string of the molecule is COc1ccc(C(=O)CSc2nc(CC(=O)Nc3ccc(OC)c(Cl)c3)cs2)cc1. The average molecular weight is 463 g/mol. The van der Waals surface area contributed by atoms with Crippen molar-refractivity contribution in [2.75, 3.05) is 25.3 Å². The smallest absolute Gasteiger partial charge is 0.230 e. The molecule has 3 aromatic rings. The number of methoxy groups -OCH3 is 2. The number of hydrogen-bond acceptors (Lipinski definition) is 7. The first kappa shape index (κ1) is 22.1. The maximum atomic E-state index is 12.3. The minimum absolute atomic E-state index is 0.00790. The van der Waals surface area contributed by atoms with Crippen molar-refractivity contribution < 1.29 is 19.1 Å². The van der Waals surface area contributed by atoms with E-state index >= 15 is 0 Å². The molecule has 1 amide bonds. The topological polar surface area (TPSA) is 77.5 Å². The van der Waals surface area contributed by atoms with Crippen LogP contribution in [0.4, 0.5) is 5.69 Å². The number of carbonyl (C=O) groups excluding carboxylic acids is 2. The number of thiazole rings is 1. The lowest BCUT2D eigenvalue weighted by molar-refractivity contribution is -0.115. The molecule has 0 radical (unpaired) electrons. The molecule has 0 bridgehead atoms. The van der Waals surface area contributed by atoms with Crippen molar-refractivity contribution in [3.63, 3.8) is 0 Å². The number of benzene rings is 2. The lowest BCUT2D eigenvalue weighted by Gasteiger charge is -2.07. The Balaban J connectivity index is 1.51. The standard InChI is InChI=1S/C21H19ClN2O4S2/c1-27-16-6-3-13(4-7-16)18(25)12-30-21-24-15(11-29-21)10-20(26)23-14-5-8-19(28-2)17(22)9-14/h3-9,11H,10,12H2,1-2H3,(H,23,26). The molecule has 156 valence electrons. The van der Waals surface area contributed by atoms with E-state index in [1.165, 1.54) is 30.2 Å². The maximum Gasteiger partial charge on any atom is 0.230 e. The monoisotopic (exact) mass is 462 g/mol. The number of nitrogens with one attached hydrogen (secondary N) is 1. The van der Waals surface area contributed by atoms with E-state index in [9.17, 15) is 9.59 Å². The second-order valence-electron chi connectivity index (χ2n) is 6.12. The van der Waals surface area contributed by atoms with Crippen LogP contribution in [0.5, 0.6) is 11.5 Å². The lowest BCUT2D eigenvalue weighted by Crippen LogP contribution is -2.14. The number of amides is 1. The highest BCUT2D eigenvalue weighted by Crippen LogP contribution is 2.28. The van der Waals surface area contributed by atoms with E-state index < -0.39 is 0 Å². The molecule has 0 spiro atoms. The first-order valence-electron chi connectivity index (χ1n) is 8.86. The van der Waals surface area contributed by atoms with Crippen LogP contribution in [0.1, 0.15) is 16.1 Å². The Bertz CT molecular complexity index is 1040. The van der Waals surface area contributed by atoms with Crippen molar-refractivity contribution in [3.8, 4) is 11.5 Å². The van der Waals surface area contributed by atoms with Gasteiger partial charge in [-0.05, 0) is 42.5 Å². The van der Waals surface area contributed by atoms with E-state index in [1.807, 2.05) is 5.38 Å². The normalized spacial score (nSPS) is 10.5. The van der Waals surface area contributed by atoms with Crippen LogP contribution in [-0.4, -0.2) is 36.6 Å². The Kier molecular flexibility index (Phi) is 7.73. The molecule has 1 aromatic heterocycles. The Morgan fingerprint density at radius 2 is 1.90 bits per heavy atom. The summed E-state index contributed by atoms with van der Waals surface area (Å²) >= 11 is 8.84. The van der Waals surface area contributed by atoms with E-state index in [0.717, 1.165) is 4.34 Å². The minimum Gasteiger partial charge on any atom is -0.497 e. The number of rotatable bonds is 9. The molecule has 0 unspecified atom stereocenters. The van der Waals surface area contributed by atoms with Gasteiger partial charge in [-0.25, -0.2) is 4.98 Å². The van der Waals surface area contributed by atoms with Gasteiger partial charge in [0, 0.05) is 16.6 Å². The van der Waals surface area contributed by atoms with Crippen LogP contribution in [-0.2, 0) is 11.2 Å². The molecule has 1 N–H and O–H groups in total. The van der Waals surface area contributed by atoms with Gasteiger partial charge in [0.15, 0.2) is 10.1 Å². The zero-order valence-electron chi connectivity index (χ0n) is 16.3. The number of nitrogens with zero attached hydrogens (tertiary/aromatic N) is 1. The highest BCUT2D eigenvalue weighted by Gasteiger charge is 2.12. The van der Waals surface area contributed by atoms with E-state index in [-0.39, 0.29) is 23.9 Å². The van der Waals surface area contributed by atoms with E-state index in [4.69, 9.17) is 21.1 Å². The zero-order chi connectivity index (χ0) is 21.5. The predicted molar refractivity (Wildman–Crippen MR) is 121 cm³/mol.